The van der Waals surface area contributed by atoms with Crippen molar-refractivity contribution in [1.29, 1.82) is 0 Å². The van der Waals surface area contributed by atoms with Crippen LogP contribution in [0.4, 0.5) is 0 Å². The number of pyridine rings is 4. The summed E-state index contributed by atoms with van der Waals surface area (Å²) in [4.78, 5) is 17.7. The largest absolute Gasteiger partial charge is 0.256 e. The van der Waals surface area contributed by atoms with E-state index < -0.39 is 0 Å². The molecular formula is C19H12N6. The van der Waals surface area contributed by atoms with Crippen LogP contribution in [0.25, 0.3) is 39.7 Å². The normalized spacial score (nSPS) is 11.8. The summed E-state index contributed by atoms with van der Waals surface area (Å²) in [7, 11) is 0. The van der Waals surface area contributed by atoms with Crippen LogP contribution in [-0.4, -0.2) is 29.5 Å². The molecule has 6 nitrogen and oxygen atoms in total. The van der Waals surface area contributed by atoms with Gasteiger partial charge >= 0.3 is 0 Å². The molecule has 118 valence electrons. The van der Waals surface area contributed by atoms with Crippen molar-refractivity contribution in [3.8, 4) is 0 Å². The predicted octanol–water partition coefficient (Wildman–Crippen LogP) is 3.39. The number of fused-ring (bicyclic) bond motifs is 4. The third-order valence-corrected chi connectivity index (χ3v) is 3.99. The topological polar surface area (TPSA) is 68.9 Å². The zero-order chi connectivity index (χ0) is 16.6. The molecule has 6 heteroatoms. The zero-order valence-corrected chi connectivity index (χ0v) is 13.1. The molecule has 0 saturated heterocycles. The zero-order valence-electron chi connectivity index (χ0n) is 13.1. The van der Waals surface area contributed by atoms with E-state index in [1.807, 2.05) is 60.8 Å². The van der Waals surface area contributed by atoms with Crippen LogP contribution in [0.1, 0.15) is 11.5 Å². The van der Waals surface area contributed by atoms with E-state index in [0.29, 0.717) is 5.82 Å². The third kappa shape index (κ3) is 2.40. The van der Waals surface area contributed by atoms with Gasteiger partial charge in [-0.3, -0.25) is 4.98 Å². The van der Waals surface area contributed by atoms with Crippen molar-refractivity contribution < 1.29 is 0 Å². The van der Waals surface area contributed by atoms with E-state index >= 15 is 0 Å². The van der Waals surface area contributed by atoms with E-state index in [2.05, 4.69) is 25.0 Å². The van der Waals surface area contributed by atoms with Gasteiger partial charge in [-0.15, -0.1) is 5.10 Å². The summed E-state index contributed by atoms with van der Waals surface area (Å²) >= 11 is 0. The van der Waals surface area contributed by atoms with Gasteiger partial charge in [0.05, 0.1) is 11.2 Å². The molecule has 0 aliphatic heterocycles. The van der Waals surface area contributed by atoms with Crippen LogP contribution in [0.5, 0.6) is 0 Å². The van der Waals surface area contributed by atoms with E-state index in [1.54, 1.807) is 16.9 Å². The third-order valence-electron chi connectivity index (χ3n) is 3.99. The van der Waals surface area contributed by atoms with Gasteiger partial charge in [0, 0.05) is 29.4 Å². The Morgan fingerprint density at radius 2 is 1.76 bits per heavy atom. The van der Waals surface area contributed by atoms with Crippen molar-refractivity contribution in [2.75, 3.05) is 0 Å². The second-order valence-electron chi connectivity index (χ2n) is 5.61. The Balaban J connectivity index is 1.56. The SMILES string of the molecule is C(=C\c1nc2c3cccnc3ccn2n1)/c1ccc2cccnc2n1. The second-order valence-corrected chi connectivity index (χ2v) is 5.61. The van der Waals surface area contributed by atoms with E-state index in [4.69, 9.17) is 0 Å². The molecule has 5 aromatic rings. The maximum atomic E-state index is 4.60. The smallest absolute Gasteiger partial charge is 0.175 e. The molecule has 0 saturated carbocycles. The summed E-state index contributed by atoms with van der Waals surface area (Å²) in [6.07, 6.45) is 9.13. The molecule has 0 unspecified atom stereocenters. The second kappa shape index (κ2) is 5.45. The maximum absolute atomic E-state index is 4.60. The van der Waals surface area contributed by atoms with E-state index in [9.17, 15) is 0 Å². The summed E-state index contributed by atoms with van der Waals surface area (Å²) in [5, 5.41) is 6.48. The lowest BCUT2D eigenvalue weighted by molar-refractivity contribution is 0.958. The highest BCUT2D eigenvalue weighted by molar-refractivity contribution is 5.91. The molecule has 0 aromatic carbocycles. The summed E-state index contributed by atoms with van der Waals surface area (Å²) < 4.78 is 1.76. The quantitative estimate of drug-likeness (QED) is 0.498. The lowest BCUT2D eigenvalue weighted by atomic mass is 10.2. The Labute approximate surface area is 142 Å². The molecule has 0 atom stereocenters. The van der Waals surface area contributed by atoms with Crippen molar-refractivity contribution in [3.05, 3.63) is 72.6 Å². The van der Waals surface area contributed by atoms with E-state index in [1.165, 1.54) is 0 Å². The van der Waals surface area contributed by atoms with Gasteiger partial charge in [-0.25, -0.2) is 19.5 Å². The Bertz CT molecular complexity index is 1250. The maximum Gasteiger partial charge on any atom is 0.175 e. The van der Waals surface area contributed by atoms with Gasteiger partial charge in [-0.2, -0.15) is 0 Å². The minimum atomic E-state index is 0.624. The highest BCUT2D eigenvalue weighted by Gasteiger charge is 2.06. The van der Waals surface area contributed by atoms with Gasteiger partial charge in [0.25, 0.3) is 0 Å². The van der Waals surface area contributed by atoms with Gasteiger partial charge in [0.15, 0.2) is 17.1 Å². The molecule has 0 spiro atoms. The molecule has 0 aliphatic rings. The van der Waals surface area contributed by atoms with Crippen molar-refractivity contribution in [2.45, 2.75) is 0 Å². The summed E-state index contributed by atoms with van der Waals surface area (Å²) in [6.45, 7) is 0. The first-order chi connectivity index (χ1) is 12.4. The molecule has 0 aliphatic carbocycles. The standard InChI is InChI=1S/C19H12N6/c1-3-13-5-6-14(22-18(13)21-11-1)7-8-17-23-19-15-4-2-10-20-16(15)9-12-25(19)24-17/h1-12H/b8-7+. The van der Waals surface area contributed by atoms with Crippen LogP contribution in [0, 0.1) is 0 Å². The van der Waals surface area contributed by atoms with Gasteiger partial charge < -0.3 is 0 Å². The lowest BCUT2D eigenvalue weighted by Gasteiger charge is -1.96. The molecule has 0 fully saturated rings. The highest BCUT2D eigenvalue weighted by Crippen LogP contribution is 2.17. The molecule has 5 aromatic heterocycles. The summed E-state index contributed by atoms with van der Waals surface area (Å²) in [6, 6.07) is 13.7. The molecule has 0 bridgehead atoms. The fraction of sp³-hybridized carbons (Fsp3) is 0. The molecular weight excluding hydrogens is 312 g/mol. The predicted molar refractivity (Wildman–Crippen MR) is 96.8 cm³/mol. The first-order valence-electron chi connectivity index (χ1n) is 7.87. The Morgan fingerprint density at radius 3 is 2.76 bits per heavy atom. The fourth-order valence-electron chi connectivity index (χ4n) is 2.80. The van der Waals surface area contributed by atoms with Gasteiger partial charge in [-0.05, 0) is 54.6 Å². The van der Waals surface area contributed by atoms with E-state index in [0.717, 1.165) is 33.3 Å². The van der Waals surface area contributed by atoms with Gasteiger partial charge in [0.2, 0.25) is 0 Å². The fourth-order valence-corrected chi connectivity index (χ4v) is 2.80. The minimum absolute atomic E-state index is 0.624. The Kier molecular flexibility index (Phi) is 3.00. The molecule has 5 heterocycles. The van der Waals surface area contributed by atoms with Crippen LogP contribution in [0.3, 0.4) is 0 Å². The van der Waals surface area contributed by atoms with Crippen LogP contribution in [-0.2, 0) is 0 Å². The Morgan fingerprint density at radius 1 is 0.840 bits per heavy atom. The van der Waals surface area contributed by atoms with Crippen LogP contribution in [0.2, 0.25) is 0 Å². The average Bonchev–Trinajstić information content (AvgIpc) is 3.10. The molecule has 0 N–H and O–H groups in total. The highest BCUT2D eigenvalue weighted by atomic mass is 15.3. The number of hydrogen-bond acceptors (Lipinski definition) is 5. The van der Waals surface area contributed by atoms with Crippen molar-refractivity contribution in [2.24, 2.45) is 0 Å². The van der Waals surface area contributed by atoms with Gasteiger partial charge in [-0.1, -0.05) is 0 Å². The first kappa shape index (κ1) is 13.7. The average molecular weight is 324 g/mol. The molecule has 0 radical (unpaired) electrons. The summed E-state index contributed by atoms with van der Waals surface area (Å²) in [5.41, 5.74) is 3.24. The van der Waals surface area contributed by atoms with Crippen LogP contribution in [0.15, 0.2) is 61.1 Å². The molecule has 0 amide bonds. The number of nitrogens with zero attached hydrogens (tertiary/aromatic N) is 6. The minimum Gasteiger partial charge on any atom is -0.256 e. The van der Waals surface area contributed by atoms with Crippen molar-refractivity contribution in [1.82, 2.24) is 29.5 Å². The first-order valence-corrected chi connectivity index (χ1v) is 7.87. The lowest BCUT2D eigenvalue weighted by Crippen LogP contribution is -1.88. The van der Waals surface area contributed by atoms with Crippen LogP contribution < -0.4 is 0 Å². The van der Waals surface area contributed by atoms with Crippen LogP contribution >= 0.6 is 0 Å². The Hall–Kier alpha value is -3.67. The number of rotatable bonds is 2. The monoisotopic (exact) mass is 324 g/mol. The molecule has 25 heavy (non-hydrogen) atoms. The van der Waals surface area contributed by atoms with Crippen molar-refractivity contribution in [3.63, 3.8) is 0 Å². The van der Waals surface area contributed by atoms with Crippen molar-refractivity contribution >= 4 is 39.7 Å². The molecule has 5 rings (SSSR count). The number of hydrogen-bond donors (Lipinski definition) is 0. The van der Waals surface area contributed by atoms with E-state index in [-0.39, 0.29) is 0 Å². The van der Waals surface area contributed by atoms with Gasteiger partial charge in [0.1, 0.15) is 0 Å². The summed E-state index contributed by atoms with van der Waals surface area (Å²) in [5.74, 6) is 0.624. The number of aromatic nitrogens is 6.